The number of carbonyl (C=O) groups is 1. The monoisotopic (exact) mass is 311 g/mol. The van der Waals surface area contributed by atoms with Gasteiger partial charge in [-0.05, 0) is 36.6 Å². The van der Waals surface area contributed by atoms with Crippen molar-refractivity contribution in [1.82, 2.24) is 0 Å². The largest absolute Gasteiger partial charge is 0.478 e. The van der Waals surface area contributed by atoms with Crippen molar-refractivity contribution in [2.75, 3.05) is 0 Å². The van der Waals surface area contributed by atoms with Crippen LogP contribution in [0.25, 0.3) is 11.1 Å². The van der Waals surface area contributed by atoms with Crippen LogP contribution < -0.4 is 0 Å². The minimum atomic E-state index is -1.11. The first-order valence-electron chi connectivity index (χ1n) is 7.63. The average molecular weight is 311 g/mol. The van der Waals surface area contributed by atoms with Crippen LogP contribution in [0, 0.1) is 17.1 Å². The lowest BCUT2D eigenvalue weighted by atomic mass is 9.94. The van der Waals surface area contributed by atoms with Gasteiger partial charge in [0, 0.05) is 11.1 Å². The van der Waals surface area contributed by atoms with Gasteiger partial charge < -0.3 is 5.11 Å². The van der Waals surface area contributed by atoms with Gasteiger partial charge >= 0.3 is 5.97 Å². The van der Waals surface area contributed by atoms with Gasteiger partial charge in [0.05, 0.1) is 17.2 Å². The maximum absolute atomic E-state index is 14.9. The highest BCUT2D eigenvalue weighted by Crippen LogP contribution is 2.29. The summed E-state index contributed by atoms with van der Waals surface area (Å²) in [6.07, 6.45) is 3.08. The Hall–Kier alpha value is -2.67. The van der Waals surface area contributed by atoms with E-state index in [0.717, 1.165) is 19.3 Å². The third-order valence-electron chi connectivity index (χ3n) is 3.83. The van der Waals surface area contributed by atoms with Gasteiger partial charge in [0.1, 0.15) is 5.82 Å². The number of nitriles is 1. The van der Waals surface area contributed by atoms with Gasteiger partial charge in [0.15, 0.2) is 0 Å². The van der Waals surface area contributed by atoms with Gasteiger partial charge in [0.25, 0.3) is 0 Å². The minimum absolute atomic E-state index is 0.0241. The standard InChI is InChI=1S/C19H18FNO2/c1-2-3-4-5-16-17(19(22)23)11-10-15(18(16)20)14-8-6-13(12-21)7-9-14/h6-11H,2-5H2,1H3,(H,22,23). The lowest BCUT2D eigenvalue weighted by molar-refractivity contribution is 0.0695. The van der Waals surface area contributed by atoms with Crippen LogP contribution in [0.15, 0.2) is 36.4 Å². The zero-order valence-electron chi connectivity index (χ0n) is 13.0. The molecule has 0 atom stereocenters. The molecule has 0 saturated carbocycles. The molecule has 0 spiro atoms. The number of hydrogen-bond donors (Lipinski definition) is 1. The number of unbranched alkanes of at least 4 members (excludes halogenated alkanes) is 2. The van der Waals surface area contributed by atoms with E-state index in [2.05, 4.69) is 0 Å². The van der Waals surface area contributed by atoms with E-state index >= 15 is 0 Å². The highest BCUT2D eigenvalue weighted by atomic mass is 19.1. The SMILES string of the molecule is CCCCCc1c(C(=O)O)ccc(-c2ccc(C#N)cc2)c1F. The van der Waals surface area contributed by atoms with Crippen molar-refractivity contribution in [3.63, 3.8) is 0 Å². The molecule has 4 heteroatoms. The Kier molecular flexibility index (Phi) is 5.48. The molecule has 0 heterocycles. The predicted molar refractivity (Wildman–Crippen MR) is 86.7 cm³/mol. The highest BCUT2D eigenvalue weighted by Gasteiger charge is 2.18. The third-order valence-corrected chi connectivity index (χ3v) is 3.83. The summed E-state index contributed by atoms with van der Waals surface area (Å²) in [4.78, 5) is 11.3. The normalized spacial score (nSPS) is 10.3. The van der Waals surface area contributed by atoms with E-state index in [0.29, 0.717) is 23.1 Å². The smallest absolute Gasteiger partial charge is 0.336 e. The second-order valence-corrected chi connectivity index (χ2v) is 5.40. The van der Waals surface area contributed by atoms with Crippen LogP contribution in [-0.2, 0) is 6.42 Å². The molecule has 0 aliphatic carbocycles. The second kappa shape index (κ2) is 7.55. The maximum Gasteiger partial charge on any atom is 0.336 e. The summed E-state index contributed by atoms with van der Waals surface area (Å²) in [6.45, 7) is 2.04. The number of benzene rings is 2. The van der Waals surface area contributed by atoms with E-state index in [1.54, 1.807) is 24.3 Å². The summed E-state index contributed by atoms with van der Waals surface area (Å²) in [5, 5.41) is 18.1. The Morgan fingerprint density at radius 1 is 1.17 bits per heavy atom. The van der Waals surface area contributed by atoms with Crippen molar-refractivity contribution < 1.29 is 14.3 Å². The fourth-order valence-corrected chi connectivity index (χ4v) is 2.57. The van der Waals surface area contributed by atoms with Gasteiger partial charge in [-0.2, -0.15) is 5.26 Å². The molecule has 0 fully saturated rings. The van der Waals surface area contributed by atoms with Gasteiger partial charge in [0.2, 0.25) is 0 Å². The van der Waals surface area contributed by atoms with Crippen molar-refractivity contribution in [3.05, 3.63) is 58.9 Å². The third kappa shape index (κ3) is 3.75. The minimum Gasteiger partial charge on any atom is -0.478 e. The molecule has 118 valence electrons. The molecule has 0 amide bonds. The Morgan fingerprint density at radius 3 is 2.43 bits per heavy atom. The van der Waals surface area contributed by atoms with Gasteiger partial charge in [-0.25, -0.2) is 9.18 Å². The zero-order valence-corrected chi connectivity index (χ0v) is 13.0. The molecular formula is C19H18FNO2. The summed E-state index contributed by atoms with van der Waals surface area (Å²) in [6, 6.07) is 11.6. The number of aromatic carboxylic acids is 1. The van der Waals surface area contributed by atoms with Crippen molar-refractivity contribution in [3.8, 4) is 17.2 Å². The molecule has 2 aromatic carbocycles. The topological polar surface area (TPSA) is 61.1 Å². The molecule has 0 bridgehead atoms. The number of nitrogens with zero attached hydrogens (tertiary/aromatic N) is 1. The number of halogens is 1. The number of hydrogen-bond acceptors (Lipinski definition) is 2. The number of carboxylic acids is 1. The molecule has 0 saturated heterocycles. The van der Waals surface area contributed by atoms with Crippen LogP contribution in [0.4, 0.5) is 4.39 Å². The van der Waals surface area contributed by atoms with Crippen LogP contribution in [0.2, 0.25) is 0 Å². The van der Waals surface area contributed by atoms with E-state index in [1.165, 1.54) is 12.1 Å². The Morgan fingerprint density at radius 2 is 1.87 bits per heavy atom. The summed E-state index contributed by atoms with van der Waals surface area (Å²) in [5.74, 6) is -1.59. The zero-order chi connectivity index (χ0) is 16.8. The van der Waals surface area contributed by atoms with Crippen LogP contribution in [-0.4, -0.2) is 11.1 Å². The van der Waals surface area contributed by atoms with Crippen LogP contribution >= 0.6 is 0 Å². The molecule has 0 unspecified atom stereocenters. The number of carboxylic acid groups (broad SMARTS) is 1. The quantitative estimate of drug-likeness (QED) is 0.780. The molecule has 23 heavy (non-hydrogen) atoms. The van der Waals surface area contributed by atoms with Crippen LogP contribution in [0.5, 0.6) is 0 Å². The lowest BCUT2D eigenvalue weighted by Gasteiger charge is -2.12. The van der Waals surface area contributed by atoms with Gasteiger partial charge in [-0.15, -0.1) is 0 Å². The predicted octanol–water partition coefficient (Wildman–Crippen LogP) is 4.80. The summed E-state index contributed by atoms with van der Waals surface area (Å²) in [5.41, 5.74) is 1.78. The van der Waals surface area contributed by atoms with Crippen molar-refractivity contribution in [2.45, 2.75) is 32.6 Å². The molecule has 1 N–H and O–H groups in total. The molecular weight excluding hydrogens is 293 g/mol. The first kappa shape index (κ1) is 16.7. The summed E-state index contributed by atoms with van der Waals surface area (Å²) < 4.78 is 14.9. The Balaban J connectivity index is 2.46. The van der Waals surface area contributed by atoms with Crippen molar-refractivity contribution >= 4 is 5.97 Å². The second-order valence-electron chi connectivity index (χ2n) is 5.40. The van der Waals surface area contributed by atoms with Crippen molar-refractivity contribution in [1.29, 1.82) is 5.26 Å². The van der Waals surface area contributed by atoms with Crippen LogP contribution in [0.3, 0.4) is 0 Å². The first-order valence-corrected chi connectivity index (χ1v) is 7.63. The molecule has 2 rings (SSSR count). The van der Waals surface area contributed by atoms with E-state index in [1.807, 2.05) is 13.0 Å². The molecule has 0 aromatic heterocycles. The first-order chi connectivity index (χ1) is 11.1. The molecule has 0 aliphatic rings. The van der Waals surface area contributed by atoms with E-state index in [4.69, 9.17) is 5.26 Å². The fraction of sp³-hybridized carbons (Fsp3) is 0.263. The Bertz CT molecular complexity index is 745. The van der Waals surface area contributed by atoms with E-state index < -0.39 is 11.8 Å². The van der Waals surface area contributed by atoms with Crippen molar-refractivity contribution in [2.24, 2.45) is 0 Å². The molecule has 0 aliphatic heterocycles. The fourth-order valence-electron chi connectivity index (χ4n) is 2.57. The molecule has 3 nitrogen and oxygen atoms in total. The van der Waals surface area contributed by atoms with Gasteiger partial charge in [-0.3, -0.25) is 0 Å². The van der Waals surface area contributed by atoms with Gasteiger partial charge in [-0.1, -0.05) is 38.0 Å². The average Bonchev–Trinajstić information content (AvgIpc) is 2.56. The maximum atomic E-state index is 14.9. The van der Waals surface area contributed by atoms with E-state index in [9.17, 15) is 14.3 Å². The molecule has 0 radical (unpaired) electrons. The van der Waals surface area contributed by atoms with Crippen LogP contribution in [0.1, 0.15) is 47.7 Å². The highest BCUT2D eigenvalue weighted by molar-refractivity contribution is 5.90. The lowest BCUT2D eigenvalue weighted by Crippen LogP contribution is -2.06. The number of rotatable bonds is 6. The van der Waals surface area contributed by atoms with E-state index in [-0.39, 0.29) is 11.1 Å². The molecule has 2 aromatic rings. The summed E-state index contributed by atoms with van der Waals surface area (Å²) >= 11 is 0. The summed E-state index contributed by atoms with van der Waals surface area (Å²) in [7, 11) is 0. The Labute approximate surface area is 135 Å².